The number of nitrogens with zero attached hydrogens (tertiary/aromatic N) is 4. The number of aromatic nitrogens is 4. The molecule has 0 aliphatic heterocycles. The van der Waals surface area contributed by atoms with E-state index < -0.39 is 29.0 Å². The minimum Gasteiger partial charge on any atom is -0.481 e. The molecule has 1 N–H and O–H groups in total. The van der Waals surface area contributed by atoms with Gasteiger partial charge in [0.2, 0.25) is 0 Å². The van der Waals surface area contributed by atoms with Gasteiger partial charge >= 0.3 is 5.97 Å². The molecule has 10 heteroatoms. The molecular weight excluding hydrogens is 389 g/mol. The van der Waals surface area contributed by atoms with Crippen LogP contribution in [0.1, 0.15) is 12.2 Å². The lowest BCUT2D eigenvalue weighted by atomic mass is 10.1. The van der Waals surface area contributed by atoms with Crippen LogP contribution in [0.5, 0.6) is 0 Å². The summed E-state index contributed by atoms with van der Waals surface area (Å²) >= 11 is 0. The molecule has 0 bridgehead atoms. The fourth-order valence-corrected chi connectivity index (χ4v) is 2.90. The molecule has 0 saturated heterocycles. The quantitative estimate of drug-likeness (QED) is 0.529. The van der Waals surface area contributed by atoms with E-state index in [0.717, 1.165) is 28.8 Å². The Kier molecular flexibility index (Phi) is 4.45. The number of rotatable bonds is 4. The van der Waals surface area contributed by atoms with Gasteiger partial charge in [-0.15, -0.1) is 0 Å². The average molecular weight is 400 g/mol. The molecule has 0 spiro atoms. The molecule has 4 rings (SSSR count). The highest BCUT2D eigenvalue weighted by molar-refractivity contribution is 5.91. The van der Waals surface area contributed by atoms with Gasteiger partial charge in [0.15, 0.2) is 23.0 Å². The Bertz CT molecular complexity index is 1340. The van der Waals surface area contributed by atoms with Crippen LogP contribution in [-0.4, -0.2) is 30.7 Å². The van der Waals surface area contributed by atoms with Crippen molar-refractivity contribution in [1.82, 2.24) is 19.6 Å². The molecule has 146 valence electrons. The van der Waals surface area contributed by atoms with E-state index in [4.69, 9.17) is 5.11 Å². The zero-order chi connectivity index (χ0) is 20.7. The number of halogens is 3. The van der Waals surface area contributed by atoms with Gasteiger partial charge in [0.25, 0.3) is 5.56 Å². The van der Waals surface area contributed by atoms with E-state index in [0.29, 0.717) is 0 Å². The van der Waals surface area contributed by atoms with Crippen molar-refractivity contribution < 1.29 is 23.1 Å². The van der Waals surface area contributed by atoms with Gasteiger partial charge in [0.1, 0.15) is 11.6 Å². The van der Waals surface area contributed by atoms with Gasteiger partial charge in [-0.05, 0) is 30.3 Å². The van der Waals surface area contributed by atoms with Crippen molar-refractivity contribution in [3.63, 3.8) is 0 Å². The number of benzene rings is 2. The summed E-state index contributed by atoms with van der Waals surface area (Å²) in [5.41, 5.74) is -0.689. The summed E-state index contributed by atoms with van der Waals surface area (Å²) in [6, 6.07) is 6.66. The smallest absolute Gasteiger partial charge is 0.303 e. The molecule has 4 aromatic rings. The van der Waals surface area contributed by atoms with Gasteiger partial charge in [0.05, 0.1) is 11.9 Å². The summed E-state index contributed by atoms with van der Waals surface area (Å²) in [7, 11) is 0. The summed E-state index contributed by atoms with van der Waals surface area (Å²) in [5.74, 6) is -3.81. The number of aliphatic carboxylic acids is 1. The molecule has 0 unspecified atom stereocenters. The Morgan fingerprint density at radius 3 is 2.41 bits per heavy atom. The van der Waals surface area contributed by atoms with Crippen LogP contribution < -0.4 is 5.56 Å². The predicted molar refractivity (Wildman–Crippen MR) is 95.8 cm³/mol. The third-order valence-corrected chi connectivity index (χ3v) is 4.26. The second kappa shape index (κ2) is 6.97. The van der Waals surface area contributed by atoms with Gasteiger partial charge in [-0.1, -0.05) is 0 Å². The van der Waals surface area contributed by atoms with Crippen molar-refractivity contribution in [2.75, 3.05) is 0 Å². The fourth-order valence-electron chi connectivity index (χ4n) is 2.90. The highest BCUT2D eigenvalue weighted by Crippen LogP contribution is 2.22. The largest absolute Gasteiger partial charge is 0.481 e. The maximum atomic E-state index is 13.8. The molecular formula is C19H11F3N4O3. The van der Waals surface area contributed by atoms with E-state index >= 15 is 0 Å². The highest BCUT2D eigenvalue weighted by Gasteiger charge is 2.17. The molecule has 0 atom stereocenters. The summed E-state index contributed by atoms with van der Waals surface area (Å²) in [6.45, 7) is 0. The van der Waals surface area contributed by atoms with Crippen molar-refractivity contribution in [2.24, 2.45) is 0 Å². The molecule has 0 amide bonds. The van der Waals surface area contributed by atoms with E-state index in [1.54, 1.807) is 0 Å². The van der Waals surface area contributed by atoms with Crippen LogP contribution in [0.2, 0.25) is 0 Å². The number of carboxylic acid groups (broad SMARTS) is 1. The first-order valence-corrected chi connectivity index (χ1v) is 8.40. The molecule has 0 aliphatic carbocycles. The first-order chi connectivity index (χ1) is 13.8. The highest BCUT2D eigenvalue weighted by atomic mass is 19.2. The molecule has 0 fully saturated rings. The van der Waals surface area contributed by atoms with E-state index in [-0.39, 0.29) is 46.5 Å². The van der Waals surface area contributed by atoms with Crippen LogP contribution >= 0.6 is 0 Å². The second-order valence-corrected chi connectivity index (χ2v) is 6.21. The van der Waals surface area contributed by atoms with Crippen molar-refractivity contribution >= 4 is 22.5 Å². The van der Waals surface area contributed by atoms with Crippen molar-refractivity contribution in [2.45, 2.75) is 12.8 Å². The normalized spacial score (nSPS) is 11.3. The van der Waals surface area contributed by atoms with Gasteiger partial charge in [-0.3, -0.25) is 9.59 Å². The minimum atomic E-state index is -1.16. The van der Waals surface area contributed by atoms with Gasteiger partial charge < -0.3 is 5.11 Å². The molecule has 0 aliphatic rings. The first-order valence-electron chi connectivity index (χ1n) is 8.40. The predicted octanol–water partition coefficient (Wildman–Crippen LogP) is 2.74. The molecule has 2 heterocycles. The number of fused-ring (bicyclic) bond motifs is 3. The Morgan fingerprint density at radius 2 is 1.72 bits per heavy atom. The first kappa shape index (κ1) is 18.5. The van der Waals surface area contributed by atoms with Crippen LogP contribution in [-0.2, 0) is 11.2 Å². The number of hydrogen-bond acceptors (Lipinski definition) is 5. The maximum Gasteiger partial charge on any atom is 0.303 e. The lowest BCUT2D eigenvalue weighted by Crippen LogP contribution is -2.19. The van der Waals surface area contributed by atoms with Gasteiger partial charge in [-0.2, -0.15) is 14.6 Å². The molecule has 2 aromatic heterocycles. The zero-order valence-electron chi connectivity index (χ0n) is 14.6. The third-order valence-electron chi connectivity index (χ3n) is 4.26. The number of hydrogen-bond donors (Lipinski definition) is 1. The number of aryl methyl sites for hydroxylation is 1. The molecule has 2 aromatic carbocycles. The van der Waals surface area contributed by atoms with E-state index in [1.807, 2.05) is 0 Å². The molecule has 29 heavy (non-hydrogen) atoms. The van der Waals surface area contributed by atoms with Gasteiger partial charge in [-0.25, -0.2) is 18.2 Å². The van der Waals surface area contributed by atoms with Gasteiger partial charge in [0, 0.05) is 23.4 Å². The van der Waals surface area contributed by atoms with Crippen LogP contribution in [0.25, 0.3) is 27.8 Å². The number of carboxylic acids is 1. The Labute approximate surface area is 160 Å². The Balaban J connectivity index is 2.04. The fraction of sp³-hybridized carbons (Fsp3) is 0.105. The summed E-state index contributed by atoms with van der Waals surface area (Å²) in [4.78, 5) is 31.6. The lowest BCUT2D eigenvalue weighted by molar-refractivity contribution is -0.137. The molecule has 0 radical (unpaired) electrons. The monoisotopic (exact) mass is 400 g/mol. The Hall–Kier alpha value is -3.82. The van der Waals surface area contributed by atoms with E-state index in [1.165, 1.54) is 12.1 Å². The maximum absolute atomic E-state index is 13.8. The second-order valence-electron chi connectivity index (χ2n) is 6.21. The zero-order valence-corrected chi connectivity index (χ0v) is 14.6. The lowest BCUT2D eigenvalue weighted by Gasteiger charge is -2.11. The SMILES string of the molecule is O=C(O)CCc1nc2cc(F)c(F)cc2c2nc(=O)c(-c3ccc(F)cc3)nn12. The topological polar surface area (TPSA) is 97.5 Å². The van der Waals surface area contributed by atoms with Crippen molar-refractivity contribution in [1.29, 1.82) is 0 Å². The minimum absolute atomic E-state index is 0.00696. The van der Waals surface area contributed by atoms with Crippen molar-refractivity contribution in [3.8, 4) is 11.3 Å². The van der Waals surface area contributed by atoms with Crippen LogP contribution in [0.4, 0.5) is 13.2 Å². The summed E-state index contributed by atoms with van der Waals surface area (Å²) < 4.78 is 41.7. The average Bonchev–Trinajstić information content (AvgIpc) is 2.68. The van der Waals surface area contributed by atoms with E-state index in [2.05, 4.69) is 15.1 Å². The standard InChI is InChI=1S/C19H11F3N4O3/c20-10-3-1-9(2-4-10)17-19(29)24-18-11-7-12(21)13(22)8-14(11)23-15(26(18)25-17)5-6-16(27)28/h1-4,7-8H,5-6H2,(H,27,28). The van der Waals surface area contributed by atoms with Crippen molar-refractivity contribution in [3.05, 3.63) is 70.0 Å². The molecule has 7 nitrogen and oxygen atoms in total. The van der Waals surface area contributed by atoms with Crippen LogP contribution in [0.3, 0.4) is 0 Å². The number of carbonyl (C=O) groups is 1. The summed E-state index contributed by atoms with van der Waals surface area (Å²) in [6.07, 6.45) is -0.405. The Morgan fingerprint density at radius 1 is 1.03 bits per heavy atom. The van der Waals surface area contributed by atoms with E-state index in [9.17, 15) is 22.8 Å². The molecule has 0 saturated carbocycles. The third kappa shape index (κ3) is 3.40. The van der Waals surface area contributed by atoms with Crippen LogP contribution in [0.15, 0.2) is 41.2 Å². The van der Waals surface area contributed by atoms with Crippen LogP contribution in [0, 0.1) is 17.5 Å². The summed E-state index contributed by atoms with van der Waals surface area (Å²) in [5, 5.41) is 13.2.